The fourth-order valence-corrected chi connectivity index (χ4v) is 2.08. The third-order valence-corrected chi connectivity index (χ3v) is 3.26. The molecule has 0 bridgehead atoms. The summed E-state index contributed by atoms with van der Waals surface area (Å²) < 4.78 is 0. The van der Waals surface area contributed by atoms with Gasteiger partial charge in [0.2, 0.25) is 0 Å². The molecule has 0 fully saturated rings. The minimum absolute atomic E-state index is 0.189. The van der Waals surface area contributed by atoms with E-state index < -0.39 is 0 Å². The molecule has 88 valence electrons. The van der Waals surface area contributed by atoms with Crippen molar-refractivity contribution in [2.45, 2.75) is 6.92 Å². The van der Waals surface area contributed by atoms with E-state index in [0.29, 0.717) is 5.13 Å². The number of hydrogen-bond acceptors (Lipinski definition) is 3. The van der Waals surface area contributed by atoms with Gasteiger partial charge in [-0.3, -0.25) is 4.90 Å². The second-order valence-electron chi connectivity index (χ2n) is 3.63. The highest BCUT2D eigenvalue weighted by Crippen LogP contribution is 2.19. The molecule has 2 amide bonds. The van der Waals surface area contributed by atoms with Gasteiger partial charge in [0.1, 0.15) is 0 Å². The molecule has 2 aromatic rings. The van der Waals surface area contributed by atoms with Crippen molar-refractivity contribution in [1.29, 1.82) is 0 Å². The summed E-state index contributed by atoms with van der Waals surface area (Å²) in [6, 6.07) is 9.17. The summed E-state index contributed by atoms with van der Waals surface area (Å²) in [7, 11) is 1.70. The molecule has 17 heavy (non-hydrogen) atoms. The zero-order valence-electron chi connectivity index (χ0n) is 9.68. The van der Waals surface area contributed by atoms with Crippen molar-refractivity contribution in [3.8, 4) is 0 Å². The molecular formula is C12H13N3OS. The number of hydrogen-bond donors (Lipinski definition) is 1. The van der Waals surface area contributed by atoms with Crippen LogP contribution in [-0.4, -0.2) is 18.1 Å². The molecule has 4 nitrogen and oxygen atoms in total. The van der Waals surface area contributed by atoms with Crippen LogP contribution in [0.3, 0.4) is 0 Å². The van der Waals surface area contributed by atoms with Crippen molar-refractivity contribution in [2.24, 2.45) is 0 Å². The maximum atomic E-state index is 11.9. The maximum absolute atomic E-state index is 11.9. The Labute approximate surface area is 104 Å². The number of nitrogens with zero attached hydrogens (tertiary/aromatic N) is 2. The summed E-state index contributed by atoms with van der Waals surface area (Å²) in [5, 5.41) is 5.41. The zero-order chi connectivity index (χ0) is 12.3. The van der Waals surface area contributed by atoms with Crippen LogP contribution in [-0.2, 0) is 0 Å². The van der Waals surface area contributed by atoms with Crippen molar-refractivity contribution < 1.29 is 4.79 Å². The van der Waals surface area contributed by atoms with Crippen LogP contribution in [0.1, 0.15) is 5.69 Å². The Bertz CT molecular complexity index is 509. The number of aryl methyl sites for hydroxylation is 1. The highest BCUT2D eigenvalue weighted by Gasteiger charge is 2.13. The molecule has 1 aromatic heterocycles. The number of amides is 2. The van der Waals surface area contributed by atoms with Gasteiger partial charge in [0.25, 0.3) is 0 Å². The monoisotopic (exact) mass is 247 g/mol. The number of para-hydroxylation sites is 1. The van der Waals surface area contributed by atoms with Gasteiger partial charge >= 0.3 is 6.03 Å². The molecule has 0 aliphatic heterocycles. The molecule has 0 aliphatic rings. The lowest BCUT2D eigenvalue weighted by Gasteiger charge is -2.14. The fraction of sp³-hybridized carbons (Fsp3) is 0.167. The van der Waals surface area contributed by atoms with Crippen molar-refractivity contribution in [2.75, 3.05) is 17.3 Å². The van der Waals surface area contributed by atoms with Crippen molar-refractivity contribution >= 4 is 28.2 Å². The molecule has 0 saturated carbocycles. The molecule has 0 saturated heterocycles. The predicted molar refractivity (Wildman–Crippen MR) is 70.7 cm³/mol. The van der Waals surface area contributed by atoms with E-state index in [2.05, 4.69) is 10.3 Å². The molecule has 0 aliphatic carbocycles. The van der Waals surface area contributed by atoms with Gasteiger partial charge in [0.05, 0.1) is 5.69 Å². The minimum Gasteiger partial charge on any atom is -0.307 e. The number of nitrogens with one attached hydrogen (secondary N) is 1. The lowest BCUT2D eigenvalue weighted by atomic mass is 10.3. The van der Waals surface area contributed by atoms with E-state index in [9.17, 15) is 4.79 Å². The van der Waals surface area contributed by atoms with Crippen LogP contribution >= 0.6 is 11.3 Å². The summed E-state index contributed by atoms with van der Waals surface area (Å²) in [6.45, 7) is 1.91. The SMILES string of the molecule is Cc1csc(N(C)C(=O)Nc2ccccc2)n1. The number of rotatable bonds is 2. The second kappa shape index (κ2) is 4.97. The molecule has 1 heterocycles. The third kappa shape index (κ3) is 2.82. The Morgan fingerprint density at radius 3 is 2.65 bits per heavy atom. The lowest BCUT2D eigenvalue weighted by Crippen LogP contribution is -2.31. The molecule has 1 N–H and O–H groups in total. The van der Waals surface area contributed by atoms with Gasteiger partial charge < -0.3 is 5.32 Å². The summed E-state index contributed by atoms with van der Waals surface area (Å²) in [5.74, 6) is 0. The molecular weight excluding hydrogens is 234 g/mol. The van der Waals surface area contributed by atoms with Gasteiger partial charge in [-0.2, -0.15) is 0 Å². The first kappa shape index (κ1) is 11.6. The van der Waals surface area contributed by atoms with Gasteiger partial charge in [0, 0.05) is 18.1 Å². The van der Waals surface area contributed by atoms with E-state index in [0.717, 1.165) is 11.4 Å². The van der Waals surface area contributed by atoms with E-state index in [-0.39, 0.29) is 6.03 Å². The molecule has 5 heteroatoms. The van der Waals surface area contributed by atoms with Gasteiger partial charge in [-0.25, -0.2) is 9.78 Å². The average Bonchev–Trinajstić information content (AvgIpc) is 2.76. The minimum atomic E-state index is -0.189. The van der Waals surface area contributed by atoms with Gasteiger partial charge in [-0.05, 0) is 19.1 Å². The van der Waals surface area contributed by atoms with Crippen LogP contribution in [0.4, 0.5) is 15.6 Å². The first-order valence-electron chi connectivity index (χ1n) is 5.18. The summed E-state index contributed by atoms with van der Waals surface area (Å²) in [5.41, 5.74) is 1.70. The Balaban J connectivity index is 2.06. The van der Waals surface area contributed by atoms with Crippen LogP contribution < -0.4 is 10.2 Å². The van der Waals surface area contributed by atoms with Crippen molar-refractivity contribution in [1.82, 2.24) is 4.98 Å². The smallest absolute Gasteiger partial charge is 0.307 e. The number of carbonyl (C=O) groups is 1. The quantitative estimate of drug-likeness (QED) is 0.886. The van der Waals surface area contributed by atoms with Gasteiger partial charge in [-0.1, -0.05) is 18.2 Å². The number of thiazole rings is 1. The molecule has 0 unspecified atom stereocenters. The second-order valence-corrected chi connectivity index (χ2v) is 4.46. The van der Waals surface area contributed by atoms with E-state index in [1.165, 1.54) is 16.2 Å². The Morgan fingerprint density at radius 1 is 1.35 bits per heavy atom. The van der Waals surface area contributed by atoms with Crippen molar-refractivity contribution in [3.05, 3.63) is 41.4 Å². The maximum Gasteiger partial charge on any atom is 0.327 e. The number of carbonyl (C=O) groups excluding carboxylic acids is 1. The lowest BCUT2D eigenvalue weighted by molar-refractivity contribution is 0.258. The first-order chi connectivity index (χ1) is 8.16. The van der Waals surface area contributed by atoms with Crippen LogP contribution in [0.25, 0.3) is 0 Å². The fourth-order valence-electron chi connectivity index (χ4n) is 1.31. The van der Waals surface area contributed by atoms with E-state index in [4.69, 9.17) is 0 Å². The number of urea groups is 1. The Hall–Kier alpha value is -1.88. The van der Waals surface area contributed by atoms with E-state index in [1.54, 1.807) is 7.05 Å². The molecule has 0 atom stereocenters. The van der Waals surface area contributed by atoms with Gasteiger partial charge in [-0.15, -0.1) is 11.3 Å². The summed E-state index contributed by atoms with van der Waals surface area (Å²) >= 11 is 1.45. The molecule has 0 radical (unpaired) electrons. The average molecular weight is 247 g/mol. The van der Waals surface area contributed by atoms with Crippen molar-refractivity contribution in [3.63, 3.8) is 0 Å². The van der Waals surface area contributed by atoms with Gasteiger partial charge in [0.15, 0.2) is 5.13 Å². The zero-order valence-corrected chi connectivity index (χ0v) is 10.5. The van der Waals surface area contributed by atoms with Crippen LogP contribution in [0.15, 0.2) is 35.7 Å². The predicted octanol–water partition coefficient (Wildman–Crippen LogP) is 3.12. The highest BCUT2D eigenvalue weighted by molar-refractivity contribution is 7.14. The van der Waals surface area contributed by atoms with Crippen LogP contribution in [0, 0.1) is 6.92 Å². The molecule has 2 rings (SSSR count). The third-order valence-electron chi connectivity index (χ3n) is 2.22. The number of benzene rings is 1. The Kier molecular flexibility index (Phi) is 3.39. The number of aromatic nitrogens is 1. The first-order valence-corrected chi connectivity index (χ1v) is 6.06. The Morgan fingerprint density at radius 2 is 2.06 bits per heavy atom. The van der Waals surface area contributed by atoms with E-state index >= 15 is 0 Å². The topological polar surface area (TPSA) is 45.2 Å². The highest BCUT2D eigenvalue weighted by atomic mass is 32.1. The van der Waals surface area contributed by atoms with E-state index in [1.807, 2.05) is 42.6 Å². The summed E-state index contributed by atoms with van der Waals surface area (Å²) in [6.07, 6.45) is 0. The summed E-state index contributed by atoms with van der Waals surface area (Å²) in [4.78, 5) is 17.7. The number of anilines is 2. The van der Waals surface area contributed by atoms with Crippen LogP contribution in [0.2, 0.25) is 0 Å². The largest absolute Gasteiger partial charge is 0.327 e. The normalized spacial score (nSPS) is 10.0. The standard InChI is InChI=1S/C12H13N3OS/c1-9-8-17-12(13-9)15(2)11(16)14-10-6-4-3-5-7-10/h3-8H,1-2H3,(H,14,16). The molecule has 1 aromatic carbocycles. The molecule has 0 spiro atoms. The van der Waals surface area contributed by atoms with Crippen LogP contribution in [0.5, 0.6) is 0 Å².